The van der Waals surface area contributed by atoms with Gasteiger partial charge in [0.05, 0.1) is 26.7 Å². The molecule has 2 amide bonds. The van der Waals surface area contributed by atoms with E-state index in [0.717, 1.165) is 0 Å². The first kappa shape index (κ1) is 60.2. The van der Waals surface area contributed by atoms with Crippen molar-refractivity contribution in [3.63, 3.8) is 0 Å². The standard InChI is InChI=1S/C58H67FN12O12SSi/c1-11-40-46(47(83-85(9,10)57(4,5)6)55(79-40)71-50-44(68-69-71)53(74)67-56(65-50)66-51(72)33(2)3)82-84(75,76)63-30-41-45(42(59)54(80-41)70-32-62-43-48(60-31-61-49(43)70)64-52(73)34-18-14-12-15-19-34)81-58(35-20-16-13-17-21-35,36-22-26-38(77-7)27-23-36)37-24-28-39(78-8)29-25-37/h12-29,31-33,40-42,45-47,54-55,63H,11,30H2,1-10H3,(H,60,61,64,73)(H2,65,66,67,72,74)/t40-,41-,42-,45-,46-,47-,54-,55-/m1/s1. The van der Waals surface area contributed by atoms with Gasteiger partial charge in [0.1, 0.15) is 47.8 Å². The fraction of sp³-hybridized carbons (Fsp3) is 0.397. The molecule has 0 radical (unpaired) electrons. The molecule has 8 atom stereocenters. The van der Waals surface area contributed by atoms with Crippen molar-refractivity contribution in [1.82, 2.24) is 49.2 Å². The van der Waals surface area contributed by atoms with Crippen LogP contribution in [-0.4, -0.2) is 130 Å². The summed E-state index contributed by atoms with van der Waals surface area (Å²) in [5, 5.41) is 13.3. The summed E-state index contributed by atoms with van der Waals surface area (Å²) >= 11 is 0. The van der Waals surface area contributed by atoms with Gasteiger partial charge in [-0.15, -0.1) is 5.10 Å². The third kappa shape index (κ3) is 12.1. The summed E-state index contributed by atoms with van der Waals surface area (Å²) in [6.07, 6.45) is -8.87. The van der Waals surface area contributed by atoms with Crippen molar-refractivity contribution in [2.45, 2.75) is 121 Å². The van der Waals surface area contributed by atoms with E-state index in [1.54, 1.807) is 99.6 Å². The molecule has 8 aromatic rings. The molecule has 10 rings (SSSR count). The van der Waals surface area contributed by atoms with E-state index in [2.05, 4.69) is 50.6 Å². The van der Waals surface area contributed by atoms with Crippen LogP contribution < -0.4 is 30.4 Å². The molecule has 85 heavy (non-hydrogen) atoms. The van der Waals surface area contributed by atoms with E-state index in [1.807, 2.05) is 64.2 Å². The minimum Gasteiger partial charge on any atom is -0.497 e. The summed E-state index contributed by atoms with van der Waals surface area (Å²) in [5.74, 6) is -0.381. The highest BCUT2D eigenvalue weighted by Crippen LogP contribution is 2.48. The van der Waals surface area contributed by atoms with Gasteiger partial charge in [-0.05, 0) is 77.6 Å². The number of carbonyl (C=O) groups excluding carboxylic acids is 2. The van der Waals surface area contributed by atoms with E-state index < -0.39 is 108 Å². The molecule has 4 aromatic heterocycles. The van der Waals surface area contributed by atoms with Gasteiger partial charge in [0, 0.05) is 18.0 Å². The molecule has 6 heterocycles. The molecular formula is C58H67FN12O12SSi. The Morgan fingerprint density at radius 1 is 0.776 bits per heavy atom. The molecule has 0 aliphatic carbocycles. The minimum absolute atomic E-state index is 0.0449. The number of H-pyrrole nitrogens is 1. The third-order valence-corrected chi connectivity index (χ3v) is 21.1. The molecule has 2 aliphatic heterocycles. The van der Waals surface area contributed by atoms with E-state index in [1.165, 1.54) is 36.1 Å². The van der Waals surface area contributed by atoms with Crippen LogP contribution in [0.5, 0.6) is 11.5 Å². The topological polar surface area (TPSA) is 289 Å². The van der Waals surface area contributed by atoms with E-state index in [4.69, 9.17) is 32.3 Å². The first-order chi connectivity index (χ1) is 40.6. The van der Waals surface area contributed by atoms with Crippen LogP contribution in [0.3, 0.4) is 0 Å². The van der Waals surface area contributed by atoms with Crippen LogP contribution in [-0.2, 0) is 43.5 Å². The summed E-state index contributed by atoms with van der Waals surface area (Å²) in [6.45, 7) is 14.5. The summed E-state index contributed by atoms with van der Waals surface area (Å²) < 4.78 is 98.4. The number of hydrogen-bond donors (Lipinski definition) is 4. The van der Waals surface area contributed by atoms with Crippen LogP contribution in [0.4, 0.5) is 16.2 Å². The molecule has 4 N–H and O–H groups in total. The van der Waals surface area contributed by atoms with Crippen molar-refractivity contribution < 1.29 is 54.7 Å². The van der Waals surface area contributed by atoms with Gasteiger partial charge >= 0.3 is 10.3 Å². The number of hydrogen-bond acceptors (Lipinski definition) is 18. The maximum atomic E-state index is 18.5. The number of anilines is 2. The van der Waals surface area contributed by atoms with Gasteiger partial charge in [-0.1, -0.05) is 120 Å². The predicted octanol–water partition coefficient (Wildman–Crippen LogP) is 7.75. The Morgan fingerprint density at radius 3 is 1.99 bits per heavy atom. The van der Waals surface area contributed by atoms with Gasteiger partial charge in [-0.25, -0.2) is 23.5 Å². The van der Waals surface area contributed by atoms with Crippen LogP contribution in [0.1, 0.15) is 87.5 Å². The van der Waals surface area contributed by atoms with Crippen LogP contribution >= 0.6 is 0 Å². The Morgan fingerprint density at radius 2 is 1.39 bits per heavy atom. The summed E-state index contributed by atoms with van der Waals surface area (Å²) in [4.78, 5) is 59.8. The number of amides is 2. The number of nitrogens with one attached hydrogen (secondary N) is 4. The zero-order chi connectivity index (χ0) is 60.6. The smallest absolute Gasteiger partial charge is 0.336 e. The summed E-state index contributed by atoms with van der Waals surface area (Å²) in [6, 6.07) is 31.9. The number of alkyl halides is 1. The van der Waals surface area contributed by atoms with Crippen LogP contribution in [0, 0.1) is 5.92 Å². The first-order valence-corrected chi connectivity index (χ1v) is 31.9. The molecule has 2 aliphatic rings. The summed E-state index contributed by atoms with van der Waals surface area (Å²) in [5.41, 5.74) is -0.360. The van der Waals surface area contributed by atoms with Gasteiger partial charge in [0.2, 0.25) is 11.9 Å². The van der Waals surface area contributed by atoms with E-state index in [0.29, 0.717) is 33.8 Å². The molecule has 0 unspecified atom stereocenters. The lowest BCUT2D eigenvalue weighted by Crippen LogP contribution is -2.51. The van der Waals surface area contributed by atoms with Crippen molar-refractivity contribution >= 4 is 64.5 Å². The maximum Gasteiger partial charge on any atom is 0.336 e. The van der Waals surface area contributed by atoms with Crippen molar-refractivity contribution in [3.05, 3.63) is 154 Å². The van der Waals surface area contributed by atoms with Crippen molar-refractivity contribution in [2.24, 2.45) is 5.92 Å². The molecule has 0 saturated carbocycles. The van der Waals surface area contributed by atoms with Gasteiger partial charge < -0.3 is 33.4 Å². The average molecular weight is 1200 g/mol. The van der Waals surface area contributed by atoms with E-state index >= 15 is 4.39 Å². The number of halogens is 1. The zero-order valence-electron chi connectivity index (χ0n) is 48.4. The number of aromatic nitrogens is 9. The number of nitrogens with zero attached hydrogens (tertiary/aromatic N) is 8. The Bertz CT molecular complexity index is 3800. The highest BCUT2D eigenvalue weighted by Gasteiger charge is 2.55. The largest absolute Gasteiger partial charge is 0.497 e. The van der Waals surface area contributed by atoms with Crippen molar-refractivity contribution in [1.29, 1.82) is 0 Å². The lowest BCUT2D eigenvalue weighted by atomic mass is 9.79. The lowest BCUT2D eigenvalue weighted by molar-refractivity contribution is -0.118. The molecule has 2 fully saturated rings. The fourth-order valence-corrected chi connectivity index (χ4v) is 12.3. The fourth-order valence-electron chi connectivity index (χ4n) is 10.0. The van der Waals surface area contributed by atoms with Crippen LogP contribution in [0.25, 0.3) is 22.3 Å². The quantitative estimate of drug-likeness (QED) is 0.0395. The van der Waals surface area contributed by atoms with Gasteiger partial charge in [0.25, 0.3) is 11.5 Å². The van der Waals surface area contributed by atoms with Crippen LogP contribution in [0.15, 0.2) is 127 Å². The van der Waals surface area contributed by atoms with Crippen LogP contribution in [0.2, 0.25) is 18.1 Å². The second-order valence-corrected chi connectivity index (χ2v) is 28.6. The highest BCUT2D eigenvalue weighted by atomic mass is 32.2. The number of aromatic amines is 1. The number of carbonyl (C=O) groups is 2. The van der Waals surface area contributed by atoms with Gasteiger partial charge in [-0.3, -0.25) is 29.3 Å². The molecule has 448 valence electrons. The number of rotatable bonds is 21. The third-order valence-electron chi connectivity index (χ3n) is 15.6. The lowest BCUT2D eigenvalue weighted by Gasteiger charge is -2.40. The summed E-state index contributed by atoms with van der Waals surface area (Å²) in [7, 11) is -4.71. The predicted molar refractivity (Wildman–Crippen MR) is 313 cm³/mol. The molecule has 4 aromatic carbocycles. The normalized spacial score (nSPS) is 21.2. The average Bonchev–Trinajstić information content (AvgIpc) is 2.96. The number of fused-ring (bicyclic) bond motifs is 2. The number of methoxy groups -OCH3 is 2. The molecule has 0 bridgehead atoms. The monoisotopic (exact) mass is 1200 g/mol. The molecule has 0 spiro atoms. The van der Waals surface area contributed by atoms with E-state index in [9.17, 15) is 22.8 Å². The Kier molecular flexibility index (Phi) is 17.2. The first-order valence-electron chi connectivity index (χ1n) is 27.6. The maximum absolute atomic E-state index is 18.5. The second kappa shape index (κ2) is 24.2. The Balaban J connectivity index is 1.04. The van der Waals surface area contributed by atoms with E-state index in [-0.39, 0.29) is 40.5 Å². The Labute approximate surface area is 490 Å². The number of imidazole rings is 1. The SMILES string of the molecule is CC[C@H]1O[C@@H](n2nnc3c(=O)[nH]c(NC(=O)C(C)C)nc32)[C@H](O[Si](C)(C)C(C)(C)C)[C@@H]1OS(=O)(=O)NC[C@H]1O[C@@H](n2cnc3c(NC(=O)c4ccccc4)ncnc32)[C@H](F)[C@@H]1OC(c1ccccc1)(c1ccc(OC)cc1)c1ccc(OC)cc1. The zero-order valence-corrected chi connectivity index (χ0v) is 50.2. The number of benzene rings is 4. The Hall–Kier alpha value is -7.89. The van der Waals surface area contributed by atoms with Crippen molar-refractivity contribution in [3.8, 4) is 11.5 Å². The second-order valence-electron chi connectivity index (χ2n) is 22.4. The highest BCUT2D eigenvalue weighted by molar-refractivity contribution is 7.84. The minimum atomic E-state index is -4.92. The van der Waals surface area contributed by atoms with Gasteiger partial charge in [0.15, 0.2) is 55.1 Å². The number of ether oxygens (including phenoxy) is 5. The molecule has 27 heteroatoms. The molecular weight excluding hydrogens is 1140 g/mol. The molecule has 2 saturated heterocycles. The van der Waals surface area contributed by atoms with Crippen molar-refractivity contribution in [2.75, 3.05) is 31.4 Å². The van der Waals surface area contributed by atoms with Gasteiger partial charge in [-0.2, -0.15) is 22.8 Å². The molecule has 24 nitrogen and oxygen atoms in total.